The summed E-state index contributed by atoms with van der Waals surface area (Å²) in [7, 11) is 1.72. The Bertz CT molecular complexity index is 692. The van der Waals surface area contributed by atoms with Crippen molar-refractivity contribution < 1.29 is 9.59 Å². The van der Waals surface area contributed by atoms with Gasteiger partial charge in [-0.2, -0.15) is 5.10 Å². The molecule has 0 N–H and O–H groups in total. The molecule has 0 bridgehead atoms. The Balaban J connectivity index is 2.22. The summed E-state index contributed by atoms with van der Waals surface area (Å²) in [6, 6.07) is 4.77. The summed E-state index contributed by atoms with van der Waals surface area (Å²) in [6.45, 7) is 1.73. The van der Waals surface area contributed by atoms with Crippen LogP contribution in [0.2, 0.25) is 10.0 Å². The van der Waals surface area contributed by atoms with Crippen LogP contribution in [0.3, 0.4) is 0 Å². The number of carbonyl (C=O) groups excluding carboxylic acids is 2. The van der Waals surface area contributed by atoms with Crippen molar-refractivity contribution in [3.8, 4) is 0 Å². The van der Waals surface area contributed by atoms with Crippen LogP contribution in [-0.2, 0) is 7.05 Å². The number of halogens is 2. The van der Waals surface area contributed by atoms with E-state index in [0.717, 1.165) is 0 Å². The van der Waals surface area contributed by atoms with Crippen LogP contribution >= 0.6 is 23.2 Å². The normalized spacial score (nSPS) is 10.6. The number of aryl methyl sites for hydroxylation is 2. The van der Waals surface area contributed by atoms with Crippen molar-refractivity contribution in [2.24, 2.45) is 7.05 Å². The van der Waals surface area contributed by atoms with Crippen molar-refractivity contribution in [1.82, 2.24) is 9.78 Å². The van der Waals surface area contributed by atoms with Crippen LogP contribution in [0.1, 0.15) is 32.8 Å². The van der Waals surface area contributed by atoms with Crippen LogP contribution in [0, 0.1) is 6.92 Å². The quantitative estimate of drug-likeness (QED) is 0.641. The van der Waals surface area contributed by atoms with Crippen molar-refractivity contribution in [2.45, 2.75) is 13.3 Å². The maximum Gasteiger partial charge on any atom is 0.174 e. The summed E-state index contributed by atoms with van der Waals surface area (Å²) in [4.78, 5) is 24.2. The number of rotatable bonds is 4. The van der Waals surface area contributed by atoms with E-state index in [0.29, 0.717) is 16.3 Å². The zero-order valence-corrected chi connectivity index (χ0v) is 12.5. The maximum atomic E-state index is 12.1. The molecule has 0 atom stereocenters. The van der Waals surface area contributed by atoms with E-state index >= 15 is 0 Å². The van der Waals surface area contributed by atoms with Gasteiger partial charge in [0.25, 0.3) is 0 Å². The lowest BCUT2D eigenvalue weighted by atomic mass is 10.0. The minimum Gasteiger partial charge on any atom is -0.294 e. The first kappa shape index (κ1) is 14.8. The monoisotopic (exact) mass is 310 g/mol. The van der Waals surface area contributed by atoms with Gasteiger partial charge in [0.15, 0.2) is 11.6 Å². The fourth-order valence-corrected chi connectivity index (χ4v) is 2.33. The van der Waals surface area contributed by atoms with E-state index in [9.17, 15) is 9.59 Å². The van der Waals surface area contributed by atoms with E-state index in [4.69, 9.17) is 23.2 Å². The molecule has 0 saturated carbocycles. The minimum absolute atomic E-state index is 0.176. The Kier molecular flexibility index (Phi) is 4.26. The van der Waals surface area contributed by atoms with Crippen LogP contribution < -0.4 is 0 Å². The molecule has 0 aliphatic rings. The number of aromatic nitrogens is 2. The molecule has 0 aliphatic heterocycles. The largest absolute Gasteiger partial charge is 0.294 e. The first-order chi connectivity index (χ1) is 9.40. The molecule has 1 heterocycles. The predicted molar refractivity (Wildman–Crippen MR) is 77.7 cm³/mol. The van der Waals surface area contributed by atoms with E-state index in [1.54, 1.807) is 43.0 Å². The highest BCUT2D eigenvalue weighted by atomic mass is 35.5. The molecule has 0 spiro atoms. The third kappa shape index (κ3) is 2.92. The molecule has 1 aromatic heterocycles. The molecule has 0 saturated heterocycles. The Labute approximate surface area is 126 Å². The summed E-state index contributed by atoms with van der Waals surface area (Å²) < 4.78 is 1.54. The average Bonchev–Trinajstić information content (AvgIpc) is 2.71. The van der Waals surface area contributed by atoms with E-state index in [-0.39, 0.29) is 28.6 Å². The predicted octanol–water partition coefficient (Wildman–Crippen LogP) is 3.49. The second kappa shape index (κ2) is 5.77. The Hall–Kier alpha value is -1.65. The molecular formula is C14H12Cl2N2O2. The third-order valence-electron chi connectivity index (χ3n) is 2.89. The van der Waals surface area contributed by atoms with E-state index in [1.165, 1.54) is 0 Å². The summed E-state index contributed by atoms with van der Waals surface area (Å²) >= 11 is 11.8. The minimum atomic E-state index is -0.356. The SMILES string of the molecule is Cc1nn(C)cc1C(=O)CC(=O)c1cccc(Cl)c1Cl. The lowest BCUT2D eigenvalue weighted by Gasteiger charge is -2.04. The van der Waals surface area contributed by atoms with Gasteiger partial charge < -0.3 is 0 Å². The number of Topliss-reactive ketones (excluding diaryl/α,β-unsaturated/α-hetero) is 2. The molecule has 2 rings (SSSR count). The fraction of sp³-hybridized carbons (Fsp3) is 0.214. The Morgan fingerprint density at radius 2 is 1.85 bits per heavy atom. The van der Waals surface area contributed by atoms with Gasteiger partial charge in [-0.1, -0.05) is 29.3 Å². The molecule has 2 aromatic rings. The molecule has 0 amide bonds. The van der Waals surface area contributed by atoms with Gasteiger partial charge in [0.1, 0.15) is 0 Å². The third-order valence-corrected chi connectivity index (χ3v) is 3.71. The number of benzene rings is 1. The van der Waals surface area contributed by atoms with Crippen LogP contribution in [0.25, 0.3) is 0 Å². The van der Waals surface area contributed by atoms with Crippen molar-refractivity contribution in [1.29, 1.82) is 0 Å². The van der Waals surface area contributed by atoms with E-state index in [2.05, 4.69) is 5.10 Å². The lowest BCUT2D eigenvalue weighted by Crippen LogP contribution is -2.09. The molecule has 4 nitrogen and oxygen atoms in total. The fourth-order valence-electron chi connectivity index (χ4n) is 1.93. The zero-order chi connectivity index (χ0) is 14.9. The summed E-state index contributed by atoms with van der Waals surface area (Å²) in [6.07, 6.45) is 1.34. The molecular weight excluding hydrogens is 299 g/mol. The maximum absolute atomic E-state index is 12.1. The summed E-state index contributed by atoms with van der Waals surface area (Å²) in [5.41, 5.74) is 1.30. The van der Waals surface area contributed by atoms with Crippen LogP contribution in [0.4, 0.5) is 0 Å². The highest BCUT2D eigenvalue weighted by Crippen LogP contribution is 2.26. The molecule has 0 fully saturated rings. The molecule has 104 valence electrons. The molecule has 20 heavy (non-hydrogen) atoms. The second-order valence-electron chi connectivity index (χ2n) is 4.43. The second-order valence-corrected chi connectivity index (χ2v) is 5.21. The smallest absolute Gasteiger partial charge is 0.174 e. The standard InChI is InChI=1S/C14H12Cl2N2O2/c1-8-10(7-18(2)17-8)13(20)6-12(19)9-4-3-5-11(15)14(9)16/h3-5,7H,6H2,1-2H3. The molecule has 0 radical (unpaired) electrons. The molecule has 0 aliphatic carbocycles. The van der Waals surface area contributed by atoms with Gasteiger partial charge in [-0.05, 0) is 19.1 Å². The van der Waals surface area contributed by atoms with Gasteiger partial charge in [0.2, 0.25) is 0 Å². The van der Waals surface area contributed by atoms with Gasteiger partial charge in [0.05, 0.1) is 27.7 Å². The van der Waals surface area contributed by atoms with Crippen molar-refractivity contribution in [2.75, 3.05) is 0 Å². The van der Waals surface area contributed by atoms with Crippen LogP contribution in [0.15, 0.2) is 24.4 Å². The summed E-state index contributed by atoms with van der Waals surface area (Å²) in [5, 5.41) is 4.55. The van der Waals surface area contributed by atoms with Gasteiger partial charge in [-0.3, -0.25) is 14.3 Å². The lowest BCUT2D eigenvalue weighted by molar-refractivity contribution is 0.0894. The van der Waals surface area contributed by atoms with Crippen molar-refractivity contribution in [3.63, 3.8) is 0 Å². The Morgan fingerprint density at radius 3 is 2.45 bits per heavy atom. The van der Waals surface area contributed by atoms with Gasteiger partial charge >= 0.3 is 0 Å². The van der Waals surface area contributed by atoms with Crippen molar-refractivity contribution in [3.05, 3.63) is 51.3 Å². The first-order valence-electron chi connectivity index (χ1n) is 5.91. The zero-order valence-electron chi connectivity index (χ0n) is 11.0. The highest BCUT2D eigenvalue weighted by Gasteiger charge is 2.19. The van der Waals surface area contributed by atoms with Crippen molar-refractivity contribution >= 4 is 34.8 Å². The number of carbonyl (C=O) groups is 2. The molecule has 1 aromatic carbocycles. The number of nitrogens with zero attached hydrogens (tertiary/aromatic N) is 2. The average molecular weight is 311 g/mol. The van der Waals surface area contributed by atoms with Gasteiger partial charge in [-0.15, -0.1) is 0 Å². The number of hydrogen-bond donors (Lipinski definition) is 0. The van der Waals surface area contributed by atoms with E-state index in [1.807, 2.05) is 0 Å². The highest BCUT2D eigenvalue weighted by molar-refractivity contribution is 6.44. The Morgan fingerprint density at radius 1 is 1.20 bits per heavy atom. The van der Waals surface area contributed by atoms with Crippen LogP contribution in [-0.4, -0.2) is 21.3 Å². The first-order valence-corrected chi connectivity index (χ1v) is 6.66. The number of hydrogen-bond acceptors (Lipinski definition) is 3. The van der Waals surface area contributed by atoms with Gasteiger partial charge in [-0.25, -0.2) is 0 Å². The molecule has 0 unspecified atom stereocenters. The molecule has 6 heteroatoms. The van der Waals surface area contributed by atoms with Crippen LogP contribution in [0.5, 0.6) is 0 Å². The number of ketones is 2. The van der Waals surface area contributed by atoms with E-state index < -0.39 is 0 Å². The topological polar surface area (TPSA) is 52.0 Å². The van der Waals surface area contributed by atoms with Gasteiger partial charge in [0, 0.05) is 18.8 Å². The summed E-state index contributed by atoms with van der Waals surface area (Å²) in [5.74, 6) is -0.637.